The summed E-state index contributed by atoms with van der Waals surface area (Å²) in [6, 6.07) is 18.0. The molecule has 0 fully saturated rings. The van der Waals surface area contributed by atoms with E-state index in [1.165, 1.54) is 0 Å². The molecule has 0 amide bonds. The van der Waals surface area contributed by atoms with Gasteiger partial charge in [-0.15, -0.1) is 0 Å². The van der Waals surface area contributed by atoms with Crippen LogP contribution in [-0.2, 0) is 0 Å². The number of hydrogen-bond donors (Lipinski definition) is 0. The minimum Gasteiger partial charge on any atom is -0.436 e. The van der Waals surface area contributed by atoms with Gasteiger partial charge < -0.3 is 4.42 Å². The number of benzene rings is 2. The van der Waals surface area contributed by atoms with Gasteiger partial charge in [-0.1, -0.05) is 36.4 Å². The normalized spacial score (nSPS) is 11.5. The number of hydrogen-bond acceptors (Lipinski definition) is 4. The second-order valence-corrected chi connectivity index (χ2v) is 5.42. The summed E-state index contributed by atoms with van der Waals surface area (Å²) in [6.07, 6.45) is 3.58. The molecular weight excluding hydrogens is 286 g/mol. The van der Waals surface area contributed by atoms with Crippen LogP contribution in [0.5, 0.6) is 0 Å². The predicted octanol–water partition coefficient (Wildman–Crippen LogP) is 4.59. The van der Waals surface area contributed by atoms with Crippen molar-refractivity contribution in [1.82, 2.24) is 15.0 Å². The lowest BCUT2D eigenvalue weighted by Crippen LogP contribution is -1.89. The van der Waals surface area contributed by atoms with E-state index in [2.05, 4.69) is 16.0 Å². The summed E-state index contributed by atoms with van der Waals surface area (Å²) in [6.45, 7) is 0. The van der Waals surface area contributed by atoms with E-state index in [-0.39, 0.29) is 0 Å². The lowest BCUT2D eigenvalue weighted by Gasteiger charge is -2.02. The topological polar surface area (TPSA) is 51.8 Å². The molecular formula is C19H11N3O. The summed E-state index contributed by atoms with van der Waals surface area (Å²) in [5.74, 6) is 0. The summed E-state index contributed by atoms with van der Waals surface area (Å²) in [7, 11) is 0. The van der Waals surface area contributed by atoms with Gasteiger partial charge in [0.05, 0.1) is 11.9 Å². The van der Waals surface area contributed by atoms with Crippen LogP contribution >= 0.6 is 0 Å². The second-order valence-electron chi connectivity index (χ2n) is 5.42. The first-order valence-electron chi connectivity index (χ1n) is 7.38. The first-order valence-corrected chi connectivity index (χ1v) is 7.38. The molecule has 5 rings (SSSR count). The molecule has 0 aliphatic rings. The quantitative estimate of drug-likeness (QED) is 0.454. The van der Waals surface area contributed by atoms with Gasteiger partial charge in [0.15, 0.2) is 0 Å². The zero-order chi connectivity index (χ0) is 15.2. The van der Waals surface area contributed by atoms with Crippen molar-refractivity contribution in [1.29, 1.82) is 0 Å². The number of fused-ring (bicyclic) bond motifs is 4. The Morgan fingerprint density at radius 2 is 1.57 bits per heavy atom. The fourth-order valence-corrected chi connectivity index (χ4v) is 2.83. The molecule has 4 nitrogen and oxygen atoms in total. The van der Waals surface area contributed by atoms with Gasteiger partial charge in [0, 0.05) is 17.0 Å². The van der Waals surface area contributed by atoms with E-state index in [9.17, 15) is 0 Å². The van der Waals surface area contributed by atoms with Gasteiger partial charge in [0.25, 0.3) is 0 Å². The Balaban J connectivity index is 1.76. The van der Waals surface area contributed by atoms with E-state index in [4.69, 9.17) is 9.40 Å². The molecule has 0 N–H and O–H groups in total. The predicted molar refractivity (Wildman–Crippen MR) is 90.0 cm³/mol. The number of pyridine rings is 1. The van der Waals surface area contributed by atoms with Crippen molar-refractivity contribution >= 4 is 33.0 Å². The van der Waals surface area contributed by atoms with Crippen molar-refractivity contribution in [3.63, 3.8) is 0 Å². The molecule has 0 unspecified atom stereocenters. The first-order chi connectivity index (χ1) is 11.4. The minimum atomic E-state index is 0.552. The molecule has 0 bridgehead atoms. The molecule has 23 heavy (non-hydrogen) atoms. The highest BCUT2D eigenvalue weighted by Crippen LogP contribution is 2.28. The standard InChI is InChI=1S/C19H11N3O/c1-2-6-13-10-20-15(9-12(13)5-1)16-11-21-19-18(22-16)14-7-3-4-8-17(14)23-19/h1-11H. The van der Waals surface area contributed by atoms with Crippen LogP contribution in [0.15, 0.2) is 71.4 Å². The van der Waals surface area contributed by atoms with Crippen LogP contribution in [0.4, 0.5) is 0 Å². The molecule has 0 radical (unpaired) electrons. The van der Waals surface area contributed by atoms with Gasteiger partial charge in [-0.2, -0.15) is 0 Å². The van der Waals surface area contributed by atoms with Crippen LogP contribution in [0, 0.1) is 0 Å². The highest BCUT2D eigenvalue weighted by Gasteiger charge is 2.11. The molecule has 0 saturated carbocycles. The Kier molecular flexibility index (Phi) is 2.46. The highest BCUT2D eigenvalue weighted by atomic mass is 16.3. The van der Waals surface area contributed by atoms with Gasteiger partial charge in [-0.05, 0) is 23.6 Å². The van der Waals surface area contributed by atoms with Crippen molar-refractivity contribution in [3.8, 4) is 11.4 Å². The smallest absolute Gasteiger partial charge is 0.246 e. The van der Waals surface area contributed by atoms with Crippen LogP contribution in [-0.4, -0.2) is 15.0 Å². The van der Waals surface area contributed by atoms with Crippen molar-refractivity contribution in [3.05, 3.63) is 67.0 Å². The highest BCUT2D eigenvalue weighted by molar-refractivity contribution is 6.01. The van der Waals surface area contributed by atoms with E-state index in [1.54, 1.807) is 6.20 Å². The van der Waals surface area contributed by atoms with Crippen molar-refractivity contribution in [2.75, 3.05) is 0 Å². The second kappa shape index (κ2) is 4.61. The number of rotatable bonds is 1. The third kappa shape index (κ3) is 1.89. The summed E-state index contributed by atoms with van der Waals surface area (Å²) in [5.41, 5.74) is 3.67. The Labute approximate surface area is 131 Å². The molecule has 3 aromatic heterocycles. The Morgan fingerprint density at radius 1 is 0.739 bits per heavy atom. The van der Waals surface area contributed by atoms with Crippen LogP contribution < -0.4 is 0 Å². The van der Waals surface area contributed by atoms with Gasteiger partial charge in [0.1, 0.15) is 16.8 Å². The molecule has 0 atom stereocenters. The van der Waals surface area contributed by atoms with Gasteiger partial charge in [0.2, 0.25) is 5.71 Å². The molecule has 2 aromatic carbocycles. The fourth-order valence-electron chi connectivity index (χ4n) is 2.83. The zero-order valence-electron chi connectivity index (χ0n) is 12.1. The summed E-state index contributed by atoms with van der Waals surface area (Å²) >= 11 is 0. The van der Waals surface area contributed by atoms with Crippen LogP contribution in [0.3, 0.4) is 0 Å². The average Bonchev–Trinajstić information content (AvgIpc) is 2.99. The monoisotopic (exact) mass is 297 g/mol. The van der Waals surface area contributed by atoms with Crippen LogP contribution in [0.25, 0.3) is 44.4 Å². The SMILES string of the molecule is c1ccc2cc(-c3cnc4oc5ccccc5c4n3)ncc2c1. The van der Waals surface area contributed by atoms with E-state index in [0.717, 1.165) is 38.6 Å². The van der Waals surface area contributed by atoms with Gasteiger partial charge >= 0.3 is 0 Å². The number of aromatic nitrogens is 3. The molecule has 0 saturated heterocycles. The number of para-hydroxylation sites is 1. The maximum Gasteiger partial charge on any atom is 0.246 e. The fraction of sp³-hybridized carbons (Fsp3) is 0. The molecule has 0 aliphatic heterocycles. The van der Waals surface area contributed by atoms with Gasteiger partial charge in [-0.3, -0.25) is 4.98 Å². The third-order valence-electron chi connectivity index (χ3n) is 3.98. The van der Waals surface area contributed by atoms with Crippen molar-refractivity contribution < 1.29 is 4.42 Å². The minimum absolute atomic E-state index is 0.552. The molecule has 0 aliphatic carbocycles. The lowest BCUT2D eigenvalue weighted by atomic mass is 10.1. The van der Waals surface area contributed by atoms with Crippen molar-refractivity contribution in [2.45, 2.75) is 0 Å². The Hall–Kier alpha value is -3.27. The molecule has 108 valence electrons. The van der Waals surface area contributed by atoms with E-state index in [1.807, 2.05) is 54.7 Å². The largest absolute Gasteiger partial charge is 0.436 e. The van der Waals surface area contributed by atoms with Crippen molar-refractivity contribution in [2.24, 2.45) is 0 Å². The first kappa shape index (κ1) is 12.3. The molecule has 5 aromatic rings. The van der Waals surface area contributed by atoms with E-state index >= 15 is 0 Å². The van der Waals surface area contributed by atoms with E-state index in [0.29, 0.717) is 5.71 Å². The number of furan rings is 1. The molecule has 3 heterocycles. The van der Waals surface area contributed by atoms with E-state index < -0.39 is 0 Å². The Bertz CT molecular complexity index is 1180. The lowest BCUT2D eigenvalue weighted by molar-refractivity contribution is 0.653. The molecule has 4 heteroatoms. The third-order valence-corrected chi connectivity index (χ3v) is 3.98. The average molecular weight is 297 g/mol. The van der Waals surface area contributed by atoms with Crippen LogP contribution in [0.1, 0.15) is 0 Å². The zero-order valence-corrected chi connectivity index (χ0v) is 12.1. The number of nitrogens with zero attached hydrogens (tertiary/aromatic N) is 3. The molecule has 0 spiro atoms. The summed E-state index contributed by atoms with van der Waals surface area (Å²) in [5, 5.41) is 3.22. The van der Waals surface area contributed by atoms with Gasteiger partial charge in [-0.25, -0.2) is 9.97 Å². The maximum absolute atomic E-state index is 5.72. The summed E-state index contributed by atoms with van der Waals surface area (Å²) < 4.78 is 5.72. The summed E-state index contributed by atoms with van der Waals surface area (Å²) in [4.78, 5) is 13.6. The van der Waals surface area contributed by atoms with Crippen LogP contribution in [0.2, 0.25) is 0 Å². The maximum atomic E-state index is 5.72. The Morgan fingerprint density at radius 3 is 2.52 bits per heavy atom.